The molecule has 1 heterocycles. The number of halogens is 1. The lowest BCUT2D eigenvalue weighted by atomic mass is 9.69. The first-order valence-corrected chi connectivity index (χ1v) is 10.5. The van der Waals surface area contributed by atoms with Gasteiger partial charge in [-0.05, 0) is 75.2 Å². The molecule has 0 radical (unpaired) electrons. The summed E-state index contributed by atoms with van der Waals surface area (Å²) in [6.07, 6.45) is 3.63. The van der Waals surface area contributed by atoms with Gasteiger partial charge in [0.05, 0.1) is 12.6 Å². The molecule has 6 heteroatoms. The van der Waals surface area contributed by atoms with E-state index in [1.807, 2.05) is 41.3 Å². The molecule has 2 fully saturated rings. The number of rotatable bonds is 5. The topological polar surface area (TPSA) is 44.8 Å². The summed E-state index contributed by atoms with van der Waals surface area (Å²) in [5.74, 6) is 0.603. The number of hydrogen-bond acceptors (Lipinski definition) is 3. The highest BCUT2D eigenvalue weighted by Crippen LogP contribution is 2.46. The molecule has 1 aliphatic carbocycles. The lowest BCUT2D eigenvalue weighted by Gasteiger charge is -2.48. The Morgan fingerprint density at radius 2 is 1.67 bits per heavy atom. The lowest BCUT2D eigenvalue weighted by Crippen LogP contribution is -2.54. The average Bonchev–Trinajstić information content (AvgIpc) is 3.04. The number of hydrogen-bond donors (Lipinski definition) is 1. The maximum absolute atomic E-state index is 13.5. The van der Waals surface area contributed by atoms with Crippen molar-refractivity contribution in [2.45, 2.75) is 43.3 Å². The molecule has 1 N–H and O–H groups in total. The van der Waals surface area contributed by atoms with Crippen LogP contribution < -0.4 is 10.1 Å². The van der Waals surface area contributed by atoms with Gasteiger partial charge in [-0.1, -0.05) is 24.3 Å². The monoisotopic (exact) mass is 411 g/mol. The van der Waals surface area contributed by atoms with E-state index in [9.17, 15) is 9.18 Å². The normalized spacial score (nSPS) is 26.3. The Kier molecular flexibility index (Phi) is 5.45. The summed E-state index contributed by atoms with van der Waals surface area (Å²) in [6.45, 7) is 1.30. The van der Waals surface area contributed by atoms with E-state index >= 15 is 0 Å². The first-order valence-electron chi connectivity index (χ1n) is 10.5. The van der Waals surface area contributed by atoms with Crippen LogP contribution in [0.1, 0.15) is 36.8 Å². The number of nitrogens with zero attached hydrogens (tertiary/aromatic N) is 2. The van der Waals surface area contributed by atoms with Gasteiger partial charge in [-0.25, -0.2) is 9.18 Å². The zero-order valence-corrected chi connectivity index (χ0v) is 18.0. The number of amides is 2. The minimum atomic E-state index is -0.211. The van der Waals surface area contributed by atoms with Gasteiger partial charge in [0.1, 0.15) is 11.6 Å². The average molecular weight is 412 g/mol. The van der Waals surface area contributed by atoms with Crippen LogP contribution in [0.4, 0.5) is 9.18 Å². The minimum absolute atomic E-state index is 0.00459. The van der Waals surface area contributed by atoms with Crippen molar-refractivity contribution in [3.63, 3.8) is 0 Å². The van der Waals surface area contributed by atoms with Crippen LogP contribution in [0.25, 0.3) is 0 Å². The molecular formula is C24H30FN3O2. The Hall–Kier alpha value is -2.60. The molecule has 2 aliphatic rings. The molecule has 0 unspecified atom stereocenters. The molecule has 160 valence electrons. The van der Waals surface area contributed by atoms with Crippen molar-refractivity contribution < 1.29 is 13.9 Å². The van der Waals surface area contributed by atoms with Gasteiger partial charge in [0.25, 0.3) is 0 Å². The third kappa shape index (κ3) is 3.76. The van der Waals surface area contributed by atoms with Crippen molar-refractivity contribution in [1.29, 1.82) is 0 Å². The zero-order chi connectivity index (χ0) is 21.4. The largest absolute Gasteiger partial charge is 0.497 e. The Morgan fingerprint density at radius 1 is 1.03 bits per heavy atom. The molecule has 0 bridgehead atoms. The summed E-state index contributed by atoms with van der Waals surface area (Å²) in [6, 6.07) is 14.7. The fourth-order valence-corrected chi connectivity index (χ4v) is 5.04. The van der Waals surface area contributed by atoms with Crippen molar-refractivity contribution >= 4 is 6.03 Å². The quantitative estimate of drug-likeness (QED) is 0.805. The van der Waals surface area contributed by atoms with Crippen LogP contribution in [0.3, 0.4) is 0 Å². The maximum Gasteiger partial charge on any atom is 0.318 e. The second-order valence-electron chi connectivity index (χ2n) is 8.85. The summed E-state index contributed by atoms with van der Waals surface area (Å²) in [5.41, 5.74) is 1.91. The number of methoxy groups -OCH3 is 1. The standard InChI is InChI=1S/C24H30FN3O2/c1-27(2)24(19-6-8-20(25)9-7-19)14-12-23(13-15-24)17-28(22(29)26-23)16-18-4-10-21(30-3)11-5-18/h4-11H,12-17H2,1-3H3,(H,26,29)/t23-,24+. The predicted octanol–water partition coefficient (Wildman–Crippen LogP) is 4.13. The second kappa shape index (κ2) is 7.91. The highest BCUT2D eigenvalue weighted by atomic mass is 19.1. The summed E-state index contributed by atoms with van der Waals surface area (Å²) in [7, 11) is 5.82. The molecule has 2 aromatic carbocycles. The van der Waals surface area contributed by atoms with Crippen molar-refractivity contribution in [3.8, 4) is 5.75 Å². The Morgan fingerprint density at radius 3 is 2.23 bits per heavy atom. The number of nitrogens with one attached hydrogen (secondary N) is 1. The SMILES string of the molecule is COc1ccc(CN2C[C@]3(CC[C@](c4ccc(F)cc4)(N(C)C)CC3)NC2=O)cc1. The third-order valence-electron chi connectivity index (χ3n) is 6.96. The first kappa shape index (κ1) is 20.7. The van der Waals surface area contributed by atoms with E-state index in [1.165, 1.54) is 0 Å². The number of carbonyl (C=O) groups excluding carboxylic acids is 1. The fourth-order valence-electron chi connectivity index (χ4n) is 5.04. The van der Waals surface area contributed by atoms with Crippen molar-refractivity contribution in [2.24, 2.45) is 0 Å². The molecular weight excluding hydrogens is 381 g/mol. The summed E-state index contributed by atoms with van der Waals surface area (Å²) >= 11 is 0. The molecule has 2 amide bonds. The Balaban J connectivity index is 1.46. The van der Waals surface area contributed by atoms with E-state index in [2.05, 4.69) is 24.3 Å². The van der Waals surface area contributed by atoms with Gasteiger partial charge < -0.3 is 15.0 Å². The first-order chi connectivity index (χ1) is 14.4. The Bertz CT molecular complexity index is 888. The van der Waals surface area contributed by atoms with E-state index in [1.54, 1.807) is 19.2 Å². The zero-order valence-electron chi connectivity index (χ0n) is 18.0. The number of urea groups is 1. The lowest BCUT2D eigenvalue weighted by molar-refractivity contribution is 0.0617. The summed E-state index contributed by atoms with van der Waals surface area (Å²) in [4.78, 5) is 16.9. The van der Waals surface area contributed by atoms with E-state index in [0.29, 0.717) is 13.1 Å². The van der Waals surface area contributed by atoms with Crippen LogP contribution in [-0.2, 0) is 12.1 Å². The van der Waals surface area contributed by atoms with Crippen LogP contribution >= 0.6 is 0 Å². The van der Waals surface area contributed by atoms with E-state index < -0.39 is 0 Å². The molecule has 1 spiro atoms. The van der Waals surface area contributed by atoms with Gasteiger partial charge in [-0.3, -0.25) is 4.90 Å². The molecule has 4 rings (SSSR count). The van der Waals surface area contributed by atoms with Gasteiger partial charge in [-0.2, -0.15) is 0 Å². The summed E-state index contributed by atoms with van der Waals surface area (Å²) < 4.78 is 18.7. The molecule has 0 atom stereocenters. The van der Waals surface area contributed by atoms with Crippen LogP contribution in [-0.4, -0.2) is 49.1 Å². The number of ether oxygens (including phenoxy) is 1. The smallest absolute Gasteiger partial charge is 0.318 e. The molecule has 1 aliphatic heterocycles. The van der Waals surface area contributed by atoms with Crippen LogP contribution in [0.15, 0.2) is 48.5 Å². The number of carbonyl (C=O) groups is 1. The maximum atomic E-state index is 13.5. The van der Waals surface area contributed by atoms with Gasteiger partial charge in [-0.15, -0.1) is 0 Å². The van der Waals surface area contributed by atoms with Gasteiger partial charge in [0.15, 0.2) is 0 Å². The molecule has 0 aromatic heterocycles. The van der Waals surface area contributed by atoms with Crippen molar-refractivity contribution in [3.05, 3.63) is 65.5 Å². The second-order valence-corrected chi connectivity index (χ2v) is 8.85. The van der Waals surface area contributed by atoms with E-state index in [0.717, 1.165) is 42.6 Å². The predicted molar refractivity (Wildman–Crippen MR) is 115 cm³/mol. The summed E-state index contributed by atoms with van der Waals surface area (Å²) in [5, 5.41) is 3.28. The Labute approximate surface area is 177 Å². The van der Waals surface area contributed by atoms with Crippen LogP contribution in [0.2, 0.25) is 0 Å². The van der Waals surface area contributed by atoms with Crippen molar-refractivity contribution in [2.75, 3.05) is 27.7 Å². The highest BCUT2D eigenvalue weighted by Gasteiger charge is 2.49. The number of benzene rings is 2. The minimum Gasteiger partial charge on any atom is -0.497 e. The highest BCUT2D eigenvalue weighted by molar-refractivity contribution is 5.78. The fraction of sp³-hybridized carbons (Fsp3) is 0.458. The molecule has 2 aromatic rings. The van der Waals surface area contributed by atoms with E-state index in [4.69, 9.17) is 4.74 Å². The van der Waals surface area contributed by atoms with Gasteiger partial charge >= 0.3 is 6.03 Å². The molecule has 1 saturated heterocycles. The van der Waals surface area contributed by atoms with Crippen LogP contribution in [0, 0.1) is 5.82 Å². The third-order valence-corrected chi connectivity index (χ3v) is 6.96. The van der Waals surface area contributed by atoms with Crippen molar-refractivity contribution in [1.82, 2.24) is 15.1 Å². The van der Waals surface area contributed by atoms with E-state index in [-0.39, 0.29) is 22.9 Å². The molecule has 30 heavy (non-hydrogen) atoms. The van der Waals surface area contributed by atoms with Crippen LogP contribution in [0.5, 0.6) is 5.75 Å². The van der Waals surface area contributed by atoms with Gasteiger partial charge in [0.2, 0.25) is 0 Å². The molecule has 1 saturated carbocycles. The van der Waals surface area contributed by atoms with Gasteiger partial charge in [0, 0.05) is 18.6 Å². The molecule has 5 nitrogen and oxygen atoms in total.